The van der Waals surface area contributed by atoms with E-state index >= 15 is 0 Å². The lowest BCUT2D eigenvalue weighted by Crippen LogP contribution is -2.23. The van der Waals surface area contributed by atoms with Crippen molar-refractivity contribution in [2.75, 3.05) is 0 Å². The number of aromatic amines is 1. The summed E-state index contributed by atoms with van der Waals surface area (Å²) in [5, 5.41) is 7.56. The van der Waals surface area contributed by atoms with Crippen molar-refractivity contribution >= 4 is 0 Å². The van der Waals surface area contributed by atoms with Crippen molar-refractivity contribution in [3.63, 3.8) is 0 Å². The zero-order chi connectivity index (χ0) is 11.7. The van der Waals surface area contributed by atoms with E-state index in [9.17, 15) is 0 Å². The van der Waals surface area contributed by atoms with Crippen molar-refractivity contribution in [1.82, 2.24) is 15.2 Å². The SMILES string of the molecule is NC1CCCC1c1nc(C2CCCCC2)n[nH]1. The number of hydrogen-bond acceptors (Lipinski definition) is 3. The Morgan fingerprint density at radius 1 is 1.00 bits per heavy atom. The molecule has 2 fully saturated rings. The quantitative estimate of drug-likeness (QED) is 0.826. The predicted octanol–water partition coefficient (Wildman–Crippen LogP) is 2.45. The van der Waals surface area contributed by atoms with Crippen LogP contribution in [-0.4, -0.2) is 21.2 Å². The summed E-state index contributed by atoms with van der Waals surface area (Å²) < 4.78 is 0. The Morgan fingerprint density at radius 3 is 2.53 bits per heavy atom. The van der Waals surface area contributed by atoms with Gasteiger partial charge in [0.2, 0.25) is 0 Å². The largest absolute Gasteiger partial charge is 0.327 e. The first-order chi connectivity index (χ1) is 8.34. The second kappa shape index (κ2) is 4.77. The molecule has 2 aliphatic rings. The molecule has 4 heteroatoms. The van der Waals surface area contributed by atoms with Crippen LogP contribution < -0.4 is 5.73 Å². The Labute approximate surface area is 102 Å². The molecule has 4 nitrogen and oxygen atoms in total. The van der Waals surface area contributed by atoms with Gasteiger partial charge in [0.25, 0.3) is 0 Å². The summed E-state index contributed by atoms with van der Waals surface area (Å²) in [7, 11) is 0. The van der Waals surface area contributed by atoms with Crippen LogP contribution >= 0.6 is 0 Å². The number of H-pyrrole nitrogens is 1. The minimum absolute atomic E-state index is 0.280. The Bertz CT molecular complexity index is 367. The van der Waals surface area contributed by atoms with Gasteiger partial charge in [-0.15, -0.1) is 0 Å². The zero-order valence-corrected chi connectivity index (χ0v) is 10.4. The van der Waals surface area contributed by atoms with E-state index < -0.39 is 0 Å². The van der Waals surface area contributed by atoms with E-state index in [0.29, 0.717) is 11.8 Å². The molecule has 0 saturated heterocycles. The molecule has 0 amide bonds. The van der Waals surface area contributed by atoms with Gasteiger partial charge in [-0.3, -0.25) is 5.10 Å². The third-order valence-corrected chi connectivity index (χ3v) is 4.41. The van der Waals surface area contributed by atoms with E-state index in [-0.39, 0.29) is 6.04 Å². The molecular formula is C13H22N4. The van der Waals surface area contributed by atoms with E-state index in [0.717, 1.165) is 18.1 Å². The van der Waals surface area contributed by atoms with Crippen LogP contribution in [0, 0.1) is 0 Å². The van der Waals surface area contributed by atoms with Crippen molar-refractivity contribution in [1.29, 1.82) is 0 Å². The molecule has 1 aromatic heterocycles. The monoisotopic (exact) mass is 234 g/mol. The number of nitrogens with one attached hydrogen (secondary N) is 1. The van der Waals surface area contributed by atoms with Crippen LogP contribution in [0.2, 0.25) is 0 Å². The van der Waals surface area contributed by atoms with Crippen LogP contribution in [0.1, 0.15) is 74.9 Å². The normalized spacial score (nSPS) is 30.9. The molecule has 2 aliphatic carbocycles. The maximum absolute atomic E-state index is 6.11. The maximum atomic E-state index is 6.11. The highest BCUT2D eigenvalue weighted by Gasteiger charge is 2.29. The van der Waals surface area contributed by atoms with E-state index in [4.69, 9.17) is 10.7 Å². The first-order valence-corrected chi connectivity index (χ1v) is 7.02. The smallest absolute Gasteiger partial charge is 0.153 e. The van der Waals surface area contributed by atoms with Gasteiger partial charge in [-0.2, -0.15) is 5.10 Å². The molecule has 1 heterocycles. The van der Waals surface area contributed by atoms with Gasteiger partial charge in [0.15, 0.2) is 5.82 Å². The Balaban J connectivity index is 1.73. The second-order valence-corrected chi connectivity index (χ2v) is 5.62. The molecule has 0 aromatic carbocycles. The van der Waals surface area contributed by atoms with E-state index in [1.807, 2.05) is 0 Å². The van der Waals surface area contributed by atoms with Crippen molar-refractivity contribution < 1.29 is 0 Å². The van der Waals surface area contributed by atoms with Crippen LogP contribution in [-0.2, 0) is 0 Å². The molecule has 2 atom stereocenters. The first-order valence-electron chi connectivity index (χ1n) is 7.02. The van der Waals surface area contributed by atoms with Crippen molar-refractivity contribution in [2.45, 2.75) is 69.2 Å². The van der Waals surface area contributed by atoms with Crippen molar-refractivity contribution in [2.24, 2.45) is 5.73 Å². The lowest BCUT2D eigenvalue weighted by molar-refractivity contribution is 0.429. The molecule has 0 bridgehead atoms. The predicted molar refractivity (Wildman–Crippen MR) is 66.8 cm³/mol. The molecule has 17 heavy (non-hydrogen) atoms. The molecule has 2 saturated carbocycles. The summed E-state index contributed by atoms with van der Waals surface area (Å²) in [6, 6.07) is 0.280. The van der Waals surface area contributed by atoms with Crippen LogP contribution in [0.25, 0.3) is 0 Å². The van der Waals surface area contributed by atoms with E-state index in [1.54, 1.807) is 0 Å². The van der Waals surface area contributed by atoms with Gasteiger partial charge in [0.1, 0.15) is 5.82 Å². The average Bonchev–Trinajstić information content (AvgIpc) is 2.98. The summed E-state index contributed by atoms with van der Waals surface area (Å²) in [6.07, 6.45) is 10.1. The lowest BCUT2D eigenvalue weighted by atomic mass is 9.89. The molecule has 0 aliphatic heterocycles. The standard InChI is InChI=1S/C13H22N4/c14-11-8-4-7-10(11)13-15-12(16-17-13)9-5-2-1-3-6-9/h9-11H,1-8,14H2,(H,15,16,17). The van der Waals surface area contributed by atoms with Gasteiger partial charge >= 0.3 is 0 Å². The van der Waals surface area contributed by atoms with E-state index in [1.165, 1.54) is 44.9 Å². The highest BCUT2D eigenvalue weighted by atomic mass is 15.2. The summed E-state index contributed by atoms with van der Waals surface area (Å²) in [4.78, 5) is 4.72. The first kappa shape index (κ1) is 11.2. The van der Waals surface area contributed by atoms with Gasteiger partial charge in [-0.05, 0) is 25.7 Å². The summed E-state index contributed by atoms with van der Waals surface area (Å²) in [6.45, 7) is 0. The van der Waals surface area contributed by atoms with Crippen molar-refractivity contribution in [3.05, 3.63) is 11.6 Å². The molecule has 2 unspecified atom stereocenters. The van der Waals surface area contributed by atoms with Crippen molar-refractivity contribution in [3.8, 4) is 0 Å². The number of rotatable bonds is 2. The van der Waals surface area contributed by atoms with Crippen LogP contribution in [0.15, 0.2) is 0 Å². The second-order valence-electron chi connectivity index (χ2n) is 5.62. The fraction of sp³-hybridized carbons (Fsp3) is 0.846. The maximum Gasteiger partial charge on any atom is 0.153 e. The fourth-order valence-corrected chi connectivity index (χ4v) is 3.33. The minimum Gasteiger partial charge on any atom is -0.327 e. The number of hydrogen-bond donors (Lipinski definition) is 2. The fourth-order valence-electron chi connectivity index (χ4n) is 3.33. The van der Waals surface area contributed by atoms with Crippen LogP contribution in [0.5, 0.6) is 0 Å². The van der Waals surface area contributed by atoms with Gasteiger partial charge < -0.3 is 5.73 Å². The number of nitrogens with two attached hydrogens (primary N) is 1. The van der Waals surface area contributed by atoms with Gasteiger partial charge in [-0.1, -0.05) is 25.7 Å². The Kier molecular flexibility index (Phi) is 3.14. The molecular weight excluding hydrogens is 212 g/mol. The Hall–Kier alpha value is -0.900. The molecule has 0 spiro atoms. The highest BCUT2D eigenvalue weighted by molar-refractivity contribution is 5.07. The van der Waals surface area contributed by atoms with Crippen LogP contribution in [0.4, 0.5) is 0 Å². The Morgan fingerprint density at radius 2 is 1.82 bits per heavy atom. The topological polar surface area (TPSA) is 67.6 Å². The van der Waals surface area contributed by atoms with Gasteiger partial charge in [0, 0.05) is 17.9 Å². The molecule has 1 aromatic rings. The van der Waals surface area contributed by atoms with Gasteiger partial charge in [-0.25, -0.2) is 4.98 Å². The third-order valence-electron chi connectivity index (χ3n) is 4.41. The lowest BCUT2D eigenvalue weighted by Gasteiger charge is -2.18. The number of aromatic nitrogens is 3. The van der Waals surface area contributed by atoms with E-state index in [2.05, 4.69) is 10.2 Å². The molecule has 94 valence electrons. The van der Waals surface area contributed by atoms with Crippen LogP contribution in [0.3, 0.4) is 0 Å². The molecule has 3 N–H and O–H groups in total. The third kappa shape index (κ3) is 2.23. The summed E-state index contributed by atoms with van der Waals surface area (Å²) in [5.74, 6) is 3.08. The summed E-state index contributed by atoms with van der Waals surface area (Å²) in [5.41, 5.74) is 6.11. The average molecular weight is 234 g/mol. The summed E-state index contributed by atoms with van der Waals surface area (Å²) >= 11 is 0. The number of nitrogens with zero attached hydrogens (tertiary/aromatic N) is 2. The van der Waals surface area contributed by atoms with Gasteiger partial charge in [0.05, 0.1) is 0 Å². The minimum atomic E-state index is 0.280. The highest BCUT2D eigenvalue weighted by Crippen LogP contribution is 2.34. The molecule has 0 radical (unpaired) electrons. The molecule has 3 rings (SSSR count). The zero-order valence-electron chi connectivity index (χ0n) is 10.4.